The highest BCUT2D eigenvalue weighted by molar-refractivity contribution is 5.70. The van der Waals surface area contributed by atoms with Crippen molar-refractivity contribution in [2.75, 3.05) is 6.54 Å². The zero-order valence-electron chi connectivity index (χ0n) is 8.18. The topological polar surface area (TPSA) is 110 Å². The van der Waals surface area contributed by atoms with Crippen LogP contribution in [0, 0.1) is 0 Å². The van der Waals surface area contributed by atoms with Crippen LogP contribution in [0.25, 0.3) is 0 Å². The van der Waals surface area contributed by atoms with Gasteiger partial charge in [0.15, 0.2) is 0 Å². The van der Waals surface area contributed by atoms with E-state index < -0.39 is 12.0 Å². The number of rotatable bonds is 4. The summed E-state index contributed by atoms with van der Waals surface area (Å²) in [5.41, 5.74) is 12.1. The molecule has 1 aromatic carbocycles. The Kier molecular flexibility index (Phi) is 3.65. The van der Waals surface area contributed by atoms with E-state index in [1.807, 2.05) is 0 Å². The second kappa shape index (κ2) is 4.77. The van der Waals surface area contributed by atoms with E-state index in [9.17, 15) is 9.90 Å². The lowest BCUT2D eigenvalue weighted by Gasteiger charge is -2.12. The van der Waals surface area contributed by atoms with Crippen LogP contribution in [-0.2, 0) is 11.2 Å². The minimum absolute atomic E-state index is 0.0436. The summed E-state index contributed by atoms with van der Waals surface area (Å²) < 4.78 is 0. The molecule has 1 rings (SSSR count). The fourth-order valence-corrected chi connectivity index (χ4v) is 1.31. The van der Waals surface area contributed by atoms with Gasteiger partial charge in [0, 0.05) is 18.2 Å². The Hall–Kier alpha value is -1.59. The molecule has 0 saturated heterocycles. The van der Waals surface area contributed by atoms with E-state index in [0.717, 1.165) is 0 Å². The maximum atomic E-state index is 10.5. The van der Waals surface area contributed by atoms with Crippen molar-refractivity contribution in [3.05, 3.63) is 29.3 Å². The summed E-state index contributed by atoms with van der Waals surface area (Å²) in [6, 6.07) is 4.08. The van der Waals surface area contributed by atoms with Crippen molar-refractivity contribution < 1.29 is 15.0 Å². The standard InChI is InChI=1S/C10H14N2O3/c11-5-8(12)7-3-6(4-10(14)15)1-2-9(7)13/h1-3,8,13H,4-5,11-12H2,(H,14,15)/t8-/m0/s1. The number of phenols is 1. The fourth-order valence-electron chi connectivity index (χ4n) is 1.31. The summed E-state index contributed by atoms with van der Waals surface area (Å²) in [7, 11) is 0. The van der Waals surface area contributed by atoms with Crippen molar-refractivity contribution in [2.45, 2.75) is 12.5 Å². The van der Waals surface area contributed by atoms with E-state index >= 15 is 0 Å². The molecule has 0 aliphatic carbocycles. The first kappa shape index (κ1) is 11.5. The maximum absolute atomic E-state index is 10.5. The Morgan fingerprint density at radius 1 is 1.47 bits per heavy atom. The number of carbonyl (C=O) groups is 1. The monoisotopic (exact) mass is 210 g/mol. The van der Waals surface area contributed by atoms with Gasteiger partial charge < -0.3 is 21.7 Å². The van der Waals surface area contributed by atoms with Crippen molar-refractivity contribution in [2.24, 2.45) is 11.5 Å². The average Bonchev–Trinajstić information content (AvgIpc) is 2.19. The van der Waals surface area contributed by atoms with Gasteiger partial charge in [-0.25, -0.2) is 0 Å². The fraction of sp³-hybridized carbons (Fsp3) is 0.300. The summed E-state index contributed by atoms with van der Waals surface area (Å²) in [6.07, 6.45) is -0.0927. The third-order valence-corrected chi connectivity index (χ3v) is 2.10. The highest BCUT2D eigenvalue weighted by atomic mass is 16.4. The SMILES string of the molecule is NC[C@H](N)c1cc(CC(=O)O)ccc1O. The molecule has 0 unspecified atom stereocenters. The Bertz CT molecular complexity index is 366. The van der Waals surface area contributed by atoms with Crippen LogP contribution in [0.15, 0.2) is 18.2 Å². The van der Waals surface area contributed by atoms with Gasteiger partial charge >= 0.3 is 5.97 Å². The van der Waals surface area contributed by atoms with Gasteiger partial charge in [0.2, 0.25) is 0 Å². The molecule has 0 heterocycles. The molecule has 5 heteroatoms. The Morgan fingerprint density at radius 3 is 2.67 bits per heavy atom. The van der Waals surface area contributed by atoms with Crippen LogP contribution in [0.4, 0.5) is 0 Å². The van der Waals surface area contributed by atoms with Crippen LogP contribution in [-0.4, -0.2) is 22.7 Å². The van der Waals surface area contributed by atoms with Crippen molar-refractivity contribution >= 4 is 5.97 Å². The summed E-state index contributed by atoms with van der Waals surface area (Å²) in [4.78, 5) is 10.5. The zero-order chi connectivity index (χ0) is 11.4. The molecule has 0 amide bonds. The van der Waals surface area contributed by atoms with Crippen LogP contribution >= 0.6 is 0 Å². The highest BCUT2D eigenvalue weighted by Crippen LogP contribution is 2.23. The third-order valence-electron chi connectivity index (χ3n) is 2.10. The molecule has 0 fully saturated rings. The minimum Gasteiger partial charge on any atom is -0.508 e. The highest BCUT2D eigenvalue weighted by Gasteiger charge is 2.11. The van der Waals surface area contributed by atoms with E-state index in [0.29, 0.717) is 11.1 Å². The zero-order valence-corrected chi connectivity index (χ0v) is 8.18. The number of benzene rings is 1. The molecule has 0 spiro atoms. The summed E-state index contributed by atoms with van der Waals surface area (Å²) in [5.74, 6) is -0.880. The molecular formula is C10H14N2O3. The van der Waals surface area contributed by atoms with Gasteiger partial charge in [-0.2, -0.15) is 0 Å². The molecule has 15 heavy (non-hydrogen) atoms. The minimum atomic E-state index is -0.923. The number of hydrogen-bond donors (Lipinski definition) is 4. The Balaban J connectivity index is 2.99. The van der Waals surface area contributed by atoms with Crippen molar-refractivity contribution in [3.8, 4) is 5.75 Å². The number of aromatic hydroxyl groups is 1. The van der Waals surface area contributed by atoms with E-state index in [-0.39, 0.29) is 18.7 Å². The number of hydrogen-bond acceptors (Lipinski definition) is 4. The molecule has 1 atom stereocenters. The van der Waals surface area contributed by atoms with Crippen LogP contribution < -0.4 is 11.5 Å². The van der Waals surface area contributed by atoms with Gasteiger partial charge in [0.25, 0.3) is 0 Å². The lowest BCUT2D eigenvalue weighted by Crippen LogP contribution is -2.21. The van der Waals surface area contributed by atoms with Gasteiger partial charge in [-0.3, -0.25) is 4.79 Å². The first-order chi connectivity index (χ1) is 7.04. The van der Waals surface area contributed by atoms with Gasteiger partial charge in [0.1, 0.15) is 5.75 Å². The molecule has 5 nitrogen and oxygen atoms in total. The predicted octanol–water partition coefficient (Wildman–Crippen LogP) is -0.0222. The van der Waals surface area contributed by atoms with Crippen molar-refractivity contribution in [1.82, 2.24) is 0 Å². The lowest BCUT2D eigenvalue weighted by molar-refractivity contribution is -0.136. The number of carboxylic acids is 1. The Labute approximate surface area is 87.3 Å². The van der Waals surface area contributed by atoms with Crippen LogP contribution in [0.5, 0.6) is 5.75 Å². The predicted molar refractivity (Wildman–Crippen MR) is 55.4 cm³/mol. The number of phenolic OH excluding ortho intramolecular Hbond substituents is 1. The lowest BCUT2D eigenvalue weighted by atomic mass is 10.0. The largest absolute Gasteiger partial charge is 0.508 e. The van der Waals surface area contributed by atoms with Crippen molar-refractivity contribution in [3.63, 3.8) is 0 Å². The normalized spacial score (nSPS) is 12.4. The third kappa shape index (κ3) is 2.93. The Morgan fingerprint density at radius 2 is 2.13 bits per heavy atom. The smallest absolute Gasteiger partial charge is 0.307 e. The summed E-state index contributed by atoms with van der Waals surface area (Å²) in [6.45, 7) is 0.198. The molecule has 0 bridgehead atoms. The molecule has 6 N–H and O–H groups in total. The molecule has 1 aromatic rings. The maximum Gasteiger partial charge on any atom is 0.307 e. The van der Waals surface area contributed by atoms with Crippen molar-refractivity contribution in [1.29, 1.82) is 0 Å². The molecule has 0 aromatic heterocycles. The first-order valence-electron chi connectivity index (χ1n) is 4.53. The molecule has 0 saturated carbocycles. The van der Waals surface area contributed by atoms with Gasteiger partial charge in [0.05, 0.1) is 6.42 Å². The van der Waals surface area contributed by atoms with Crippen LogP contribution in [0.1, 0.15) is 17.2 Å². The second-order valence-electron chi connectivity index (χ2n) is 3.31. The van der Waals surface area contributed by atoms with Gasteiger partial charge in [-0.1, -0.05) is 6.07 Å². The second-order valence-corrected chi connectivity index (χ2v) is 3.31. The van der Waals surface area contributed by atoms with Gasteiger partial charge in [-0.15, -0.1) is 0 Å². The van der Waals surface area contributed by atoms with Gasteiger partial charge in [-0.05, 0) is 17.7 Å². The van der Waals surface area contributed by atoms with E-state index in [1.165, 1.54) is 6.07 Å². The summed E-state index contributed by atoms with van der Waals surface area (Å²) >= 11 is 0. The number of carboxylic acid groups (broad SMARTS) is 1. The average molecular weight is 210 g/mol. The van der Waals surface area contributed by atoms with Crippen LogP contribution in [0.3, 0.4) is 0 Å². The first-order valence-corrected chi connectivity index (χ1v) is 4.53. The quantitative estimate of drug-likeness (QED) is 0.558. The molecular weight excluding hydrogens is 196 g/mol. The van der Waals surface area contributed by atoms with E-state index in [2.05, 4.69) is 0 Å². The molecule has 0 radical (unpaired) electrons. The van der Waals surface area contributed by atoms with E-state index in [1.54, 1.807) is 12.1 Å². The van der Waals surface area contributed by atoms with Crippen LogP contribution in [0.2, 0.25) is 0 Å². The molecule has 0 aliphatic heterocycles. The molecule has 0 aliphatic rings. The van der Waals surface area contributed by atoms with E-state index in [4.69, 9.17) is 16.6 Å². The number of nitrogens with two attached hydrogens (primary N) is 2. The molecule has 82 valence electrons. The number of aliphatic carboxylic acids is 1. The summed E-state index contributed by atoms with van der Waals surface area (Å²) in [5, 5.41) is 18.1.